The van der Waals surface area contributed by atoms with E-state index in [-0.39, 0.29) is 17.2 Å². The van der Waals surface area contributed by atoms with Crippen molar-refractivity contribution in [3.63, 3.8) is 0 Å². The molecular formula is C23H25FN4O3S. The van der Waals surface area contributed by atoms with Crippen molar-refractivity contribution >= 4 is 21.6 Å². The maximum atomic E-state index is 14.3. The van der Waals surface area contributed by atoms with Crippen LogP contribution in [0.4, 0.5) is 10.1 Å². The SMILES string of the molecule is O=C(CCc1ccc(S(=O)(=O)N2CCCCC2)cc1)Nc1ccc(-n2cccn2)c(F)c1. The number of amides is 1. The number of aromatic nitrogens is 2. The fourth-order valence-corrected chi connectivity index (χ4v) is 5.26. The number of piperidine rings is 1. The molecule has 168 valence electrons. The fourth-order valence-electron chi connectivity index (χ4n) is 3.75. The highest BCUT2D eigenvalue weighted by atomic mass is 32.2. The summed E-state index contributed by atoms with van der Waals surface area (Å²) in [6, 6.07) is 12.8. The molecule has 1 fully saturated rings. The summed E-state index contributed by atoms with van der Waals surface area (Å²) in [5, 5.41) is 6.69. The quantitative estimate of drug-likeness (QED) is 0.587. The van der Waals surface area contributed by atoms with Gasteiger partial charge in [0, 0.05) is 37.6 Å². The molecular weight excluding hydrogens is 431 g/mol. The number of hydrogen-bond acceptors (Lipinski definition) is 4. The van der Waals surface area contributed by atoms with E-state index in [1.165, 1.54) is 15.1 Å². The van der Waals surface area contributed by atoms with Gasteiger partial charge >= 0.3 is 0 Å². The number of hydrogen-bond donors (Lipinski definition) is 1. The molecule has 1 aromatic heterocycles. The Labute approximate surface area is 186 Å². The van der Waals surface area contributed by atoms with Gasteiger partial charge in [0.25, 0.3) is 0 Å². The van der Waals surface area contributed by atoms with Crippen molar-refractivity contribution in [2.75, 3.05) is 18.4 Å². The van der Waals surface area contributed by atoms with Crippen LogP contribution in [-0.4, -0.2) is 41.5 Å². The van der Waals surface area contributed by atoms with Crippen LogP contribution in [0.5, 0.6) is 0 Å². The Hall–Kier alpha value is -3.04. The first-order chi connectivity index (χ1) is 15.4. The van der Waals surface area contributed by atoms with Crippen LogP contribution < -0.4 is 5.32 Å². The third-order valence-corrected chi connectivity index (χ3v) is 7.41. The predicted octanol–water partition coefficient (Wildman–Crippen LogP) is 3.76. The summed E-state index contributed by atoms with van der Waals surface area (Å²) in [4.78, 5) is 12.6. The average molecular weight is 457 g/mol. The second-order valence-corrected chi connectivity index (χ2v) is 9.71. The minimum absolute atomic E-state index is 0.195. The first-order valence-corrected chi connectivity index (χ1v) is 12.1. The van der Waals surface area contributed by atoms with Crippen molar-refractivity contribution in [1.29, 1.82) is 0 Å². The van der Waals surface area contributed by atoms with Gasteiger partial charge in [-0.25, -0.2) is 17.5 Å². The minimum atomic E-state index is -3.46. The number of nitrogens with one attached hydrogen (secondary N) is 1. The van der Waals surface area contributed by atoms with Crippen LogP contribution in [0.25, 0.3) is 5.69 Å². The first kappa shape index (κ1) is 22.2. The van der Waals surface area contributed by atoms with Crippen LogP contribution in [-0.2, 0) is 21.2 Å². The second kappa shape index (κ2) is 9.62. The van der Waals surface area contributed by atoms with E-state index in [9.17, 15) is 17.6 Å². The van der Waals surface area contributed by atoms with Crippen LogP contribution in [0.3, 0.4) is 0 Å². The first-order valence-electron chi connectivity index (χ1n) is 10.6. The minimum Gasteiger partial charge on any atom is -0.326 e. The summed E-state index contributed by atoms with van der Waals surface area (Å²) >= 11 is 0. The van der Waals surface area contributed by atoms with Crippen LogP contribution in [0, 0.1) is 5.82 Å². The number of halogens is 1. The lowest BCUT2D eigenvalue weighted by atomic mass is 10.1. The number of benzene rings is 2. The third-order valence-electron chi connectivity index (χ3n) is 5.50. The van der Waals surface area contributed by atoms with Crippen LogP contribution in [0.1, 0.15) is 31.2 Å². The van der Waals surface area contributed by atoms with Crippen LogP contribution in [0.2, 0.25) is 0 Å². The fraction of sp³-hybridized carbons (Fsp3) is 0.304. The monoisotopic (exact) mass is 456 g/mol. The molecule has 0 atom stereocenters. The zero-order chi connectivity index (χ0) is 22.6. The number of rotatable bonds is 7. The van der Waals surface area contributed by atoms with Crippen molar-refractivity contribution in [3.8, 4) is 5.69 Å². The molecule has 1 saturated heterocycles. The maximum Gasteiger partial charge on any atom is 0.243 e. The molecule has 32 heavy (non-hydrogen) atoms. The van der Waals surface area contributed by atoms with Gasteiger partial charge in [-0.1, -0.05) is 18.6 Å². The Morgan fingerprint density at radius 2 is 1.81 bits per heavy atom. The molecule has 1 amide bonds. The van der Waals surface area contributed by atoms with Crippen LogP contribution >= 0.6 is 0 Å². The molecule has 0 bridgehead atoms. The summed E-state index contributed by atoms with van der Waals surface area (Å²) in [6.07, 6.45) is 6.69. The van der Waals surface area contributed by atoms with E-state index in [1.54, 1.807) is 54.9 Å². The standard InChI is InChI=1S/C23H25FN4O3S/c24-21-17-19(8-11-22(21)28-16-4-13-25-28)26-23(29)12-7-18-5-9-20(10-6-18)32(30,31)27-14-2-1-3-15-27/h4-6,8-11,13,16-17H,1-3,7,12,14-15H2,(H,26,29). The van der Waals surface area contributed by atoms with Gasteiger partial charge in [-0.05, 0) is 61.2 Å². The predicted molar refractivity (Wildman–Crippen MR) is 120 cm³/mol. The number of carbonyl (C=O) groups excluding carboxylic acids is 1. The van der Waals surface area contributed by atoms with Gasteiger partial charge in [0.2, 0.25) is 15.9 Å². The van der Waals surface area contributed by atoms with Crippen molar-refractivity contribution in [2.45, 2.75) is 37.0 Å². The second-order valence-electron chi connectivity index (χ2n) is 7.77. The molecule has 0 saturated carbocycles. The Balaban J connectivity index is 1.33. The molecule has 1 aliphatic heterocycles. The van der Waals surface area contributed by atoms with Gasteiger partial charge in [-0.15, -0.1) is 0 Å². The Bertz CT molecular complexity index is 1170. The van der Waals surface area contributed by atoms with E-state index >= 15 is 0 Å². The molecule has 7 nitrogen and oxygen atoms in total. The molecule has 0 unspecified atom stereocenters. The van der Waals surface area contributed by atoms with Gasteiger partial charge in [-0.2, -0.15) is 9.40 Å². The van der Waals surface area contributed by atoms with E-state index in [0.29, 0.717) is 30.9 Å². The van der Waals surface area contributed by atoms with Gasteiger partial charge in [0.1, 0.15) is 5.69 Å². The average Bonchev–Trinajstić information content (AvgIpc) is 3.33. The Morgan fingerprint density at radius 1 is 1.06 bits per heavy atom. The van der Waals surface area contributed by atoms with E-state index < -0.39 is 15.8 Å². The number of carbonyl (C=O) groups is 1. The molecule has 9 heteroatoms. The highest BCUT2D eigenvalue weighted by Gasteiger charge is 2.25. The van der Waals surface area contributed by atoms with Gasteiger partial charge in [-0.3, -0.25) is 4.79 Å². The molecule has 3 aromatic rings. The maximum absolute atomic E-state index is 14.3. The highest BCUT2D eigenvalue weighted by Crippen LogP contribution is 2.22. The lowest BCUT2D eigenvalue weighted by Crippen LogP contribution is -2.35. The summed E-state index contributed by atoms with van der Waals surface area (Å²) in [5.74, 6) is -0.738. The number of nitrogens with zero attached hydrogens (tertiary/aromatic N) is 3. The number of sulfonamides is 1. The van der Waals surface area contributed by atoms with Crippen molar-refractivity contribution in [2.24, 2.45) is 0 Å². The lowest BCUT2D eigenvalue weighted by Gasteiger charge is -2.25. The Morgan fingerprint density at radius 3 is 2.47 bits per heavy atom. The van der Waals surface area contributed by atoms with Gasteiger partial charge in [0.05, 0.1) is 4.90 Å². The summed E-state index contributed by atoms with van der Waals surface area (Å²) in [6.45, 7) is 1.13. The number of aryl methyl sites for hydroxylation is 1. The van der Waals surface area contributed by atoms with E-state index in [0.717, 1.165) is 24.8 Å². The number of anilines is 1. The molecule has 2 heterocycles. The molecule has 1 N–H and O–H groups in total. The topological polar surface area (TPSA) is 84.3 Å². The molecule has 2 aromatic carbocycles. The molecule has 0 spiro atoms. The highest BCUT2D eigenvalue weighted by molar-refractivity contribution is 7.89. The van der Waals surface area contributed by atoms with Crippen molar-refractivity contribution in [1.82, 2.24) is 14.1 Å². The van der Waals surface area contributed by atoms with E-state index in [4.69, 9.17) is 0 Å². The van der Waals surface area contributed by atoms with Crippen molar-refractivity contribution in [3.05, 3.63) is 72.3 Å². The van der Waals surface area contributed by atoms with Crippen molar-refractivity contribution < 1.29 is 17.6 Å². The third kappa shape index (κ3) is 5.05. The summed E-state index contributed by atoms with van der Waals surface area (Å²) in [7, 11) is -3.46. The van der Waals surface area contributed by atoms with Gasteiger partial charge in [0.15, 0.2) is 5.82 Å². The largest absolute Gasteiger partial charge is 0.326 e. The Kier molecular flexibility index (Phi) is 6.66. The summed E-state index contributed by atoms with van der Waals surface area (Å²) < 4.78 is 42.7. The molecule has 0 aliphatic carbocycles. The van der Waals surface area contributed by atoms with Gasteiger partial charge < -0.3 is 5.32 Å². The molecule has 4 rings (SSSR count). The molecule has 1 aliphatic rings. The summed E-state index contributed by atoms with van der Waals surface area (Å²) in [5.41, 5.74) is 1.52. The normalized spacial score (nSPS) is 14.9. The smallest absolute Gasteiger partial charge is 0.243 e. The molecule has 0 radical (unpaired) electrons. The lowest BCUT2D eigenvalue weighted by molar-refractivity contribution is -0.116. The van der Waals surface area contributed by atoms with Crippen LogP contribution in [0.15, 0.2) is 65.8 Å². The van der Waals surface area contributed by atoms with E-state index in [2.05, 4.69) is 10.4 Å². The zero-order valence-corrected chi connectivity index (χ0v) is 18.4. The zero-order valence-electron chi connectivity index (χ0n) is 17.6. The van der Waals surface area contributed by atoms with E-state index in [1.807, 2.05) is 0 Å².